The van der Waals surface area contributed by atoms with Gasteiger partial charge < -0.3 is 10.5 Å². The van der Waals surface area contributed by atoms with Crippen molar-refractivity contribution in [1.82, 2.24) is 20.2 Å². The summed E-state index contributed by atoms with van der Waals surface area (Å²) in [7, 11) is 1.66. The molecule has 0 aliphatic carbocycles. The molecule has 2 N–H and O–H groups in total. The molecule has 0 aliphatic rings. The Balaban J connectivity index is 2.15. The molecule has 0 saturated carbocycles. The average Bonchev–Trinajstić information content (AvgIpc) is 2.72. The second-order valence-corrected chi connectivity index (χ2v) is 3.95. The third kappa shape index (κ3) is 2.80. The van der Waals surface area contributed by atoms with Gasteiger partial charge in [-0.15, -0.1) is 10.2 Å². The molecule has 2 aromatic rings. The molecule has 0 fully saturated rings. The molecule has 18 heavy (non-hydrogen) atoms. The maximum absolute atomic E-state index is 13.2. The number of aryl methyl sites for hydroxylation is 1. The quantitative estimate of drug-likeness (QED) is 0.875. The predicted molar refractivity (Wildman–Crippen MR) is 62.1 cm³/mol. The molecule has 1 atom stereocenters. The number of aromatic nitrogens is 4. The maximum Gasteiger partial charge on any atom is 0.212 e. The van der Waals surface area contributed by atoms with Gasteiger partial charge in [0.15, 0.2) is 6.61 Å². The van der Waals surface area contributed by atoms with Crippen molar-refractivity contribution in [2.75, 3.05) is 0 Å². The predicted octanol–water partition coefficient (Wildman–Crippen LogP) is 0.948. The summed E-state index contributed by atoms with van der Waals surface area (Å²) in [5.41, 5.74) is 6.52. The van der Waals surface area contributed by atoms with Crippen molar-refractivity contribution >= 4 is 0 Å². The van der Waals surface area contributed by atoms with Gasteiger partial charge >= 0.3 is 0 Å². The van der Waals surface area contributed by atoms with Crippen LogP contribution in [0.5, 0.6) is 5.75 Å². The molecule has 0 radical (unpaired) electrons. The van der Waals surface area contributed by atoms with Crippen LogP contribution in [0.1, 0.15) is 24.4 Å². The fourth-order valence-electron chi connectivity index (χ4n) is 1.53. The van der Waals surface area contributed by atoms with Gasteiger partial charge in [-0.05, 0) is 18.2 Å². The molecular weight excluding hydrogens is 237 g/mol. The van der Waals surface area contributed by atoms with E-state index in [0.717, 1.165) is 5.56 Å². The largest absolute Gasteiger partial charge is 0.485 e. The Labute approximate surface area is 104 Å². The highest BCUT2D eigenvalue weighted by Crippen LogP contribution is 2.25. The first-order valence-electron chi connectivity index (χ1n) is 5.47. The summed E-state index contributed by atoms with van der Waals surface area (Å²) in [6.45, 7) is 1.93. The smallest absolute Gasteiger partial charge is 0.212 e. The molecule has 0 bridgehead atoms. The van der Waals surface area contributed by atoms with E-state index < -0.39 is 0 Å². The van der Waals surface area contributed by atoms with E-state index in [1.807, 2.05) is 0 Å². The highest BCUT2D eigenvalue weighted by molar-refractivity contribution is 5.36. The zero-order valence-electron chi connectivity index (χ0n) is 10.2. The van der Waals surface area contributed by atoms with E-state index >= 15 is 0 Å². The molecule has 1 aromatic heterocycles. The fourth-order valence-corrected chi connectivity index (χ4v) is 1.53. The van der Waals surface area contributed by atoms with Crippen LogP contribution in [-0.2, 0) is 13.7 Å². The molecule has 1 aromatic carbocycles. The van der Waals surface area contributed by atoms with Crippen LogP contribution in [0, 0.1) is 5.82 Å². The molecule has 0 spiro atoms. The van der Waals surface area contributed by atoms with Crippen molar-refractivity contribution in [2.45, 2.75) is 19.6 Å². The number of ether oxygens (including phenoxy) is 1. The summed E-state index contributed by atoms with van der Waals surface area (Å²) in [6.07, 6.45) is 0. The lowest BCUT2D eigenvalue weighted by Gasteiger charge is -2.12. The van der Waals surface area contributed by atoms with Gasteiger partial charge in [-0.2, -0.15) is 4.80 Å². The molecule has 0 aliphatic heterocycles. The lowest BCUT2D eigenvalue weighted by Crippen LogP contribution is -2.09. The van der Waals surface area contributed by atoms with Crippen molar-refractivity contribution < 1.29 is 9.13 Å². The van der Waals surface area contributed by atoms with Gasteiger partial charge in [0.25, 0.3) is 0 Å². The lowest BCUT2D eigenvalue weighted by molar-refractivity contribution is 0.289. The number of rotatable bonds is 4. The second kappa shape index (κ2) is 5.09. The normalized spacial score (nSPS) is 12.4. The first-order valence-corrected chi connectivity index (χ1v) is 5.47. The number of halogens is 1. The van der Waals surface area contributed by atoms with Crippen molar-refractivity contribution in [3.63, 3.8) is 0 Å². The Bertz CT molecular complexity index is 540. The summed E-state index contributed by atoms with van der Waals surface area (Å²) in [5.74, 6) is 0.455. The van der Waals surface area contributed by atoms with Crippen LogP contribution in [0.2, 0.25) is 0 Å². The van der Waals surface area contributed by atoms with E-state index in [1.165, 1.54) is 16.9 Å². The summed E-state index contributed by atoms with van der Waals surface area (Å²) < 4.78 is 18.7. The van der Waals surface area contributed by atoms with Gasteiger partial charge in [0.2, 0.25) is 5.82 Å². The number of nitrogens with zero attached hydrogens (tertiary/aromatic N) is 4. The maximum atomic E-state index is 13.2. The lowest BCUT2D eigenvalue weighted by atomic mass is 10.1. The Hall–Kier alpha value is -2.02. The van der Waals surface area contributed by atoms with Crippen LogP contribution in [0.4, 0.5) is 4.39 Å². The fraction of sp³-hybridized carbons (Fsp3) is 0.364. The van der Waals surface area contributed by atoms with Crippen molar-refractivity contribution in [3.8, 4) is 5.75 Å². The standard InChI is InChI=1S/C11H14FN5O/c1-7(13)9-4-3-8(12)5-10(9)18-6-11-14-16-17(2)15-11/h3-5,7H,6,13H2,1-2H3/t7-/m1/s1. The number of benzene rings is 1. The van der Waals surface area contributed by atoms with Gasteiger partial charge in [0.1, 0.15) is 11.6 Å². The monoisotopic (exact) mass is 251 g/mol. The van der Waals surface area contributed by atoms with E-state index in [4.69, 9.17) is 10.5 Å². The summed E-state index contributed by atoms with van der Waals surface area (Å²) >= 11 is 0. The first kappa shape index (κ1) is 12.4. The second-order valence-electron chi connectivity index (χ2n) is 3.95. The van der Waals surface area contributed by atoms with Crippen LogP contribution in [0.3, 0.4) is 0 Å². The molecule has 96 valence electrons. The molecule has 7 heteroatoms. The van der Waals surface area contributed by atoms with Gasteiger partial charge in [-0.25, -0.2) is 4.39 Å². The Kier molecular flexibility index (Phi) is 3.52. The molecule has 6 nitrogen and oxygen atoms in total. The summed E-state index contributed by atoms with van der Waals surface area (Å²) in [5, 5.41) is 11.4. The Morgan fingerprint density at radius 1 is 1.50 bits per heavy atom. The Morgan fingerprint density at radius 2 is 2.28 bits per heavy atom. The van der Waals surface area contributed by atoms with Crippen LogP contribution in [-0.4, -0.2) is 20.2 Å². The number of hydrogen-bond donors (Lipinski definition) is 1. The molecule has 0 amide bonds. The first-order chi connectivity index (χ1) is 8.56. The van der Waals surface area contributed by atoms with E-state index in [2.05, 4.69) is 15.4 Å². The van der Waals surface area contributed by atoms with E-state index in [9.17, 15) is 4.39 Å². The zero-order chi connectivity index (χ0) is 13.1. The van der Waals surface area contributed by atoms with Gasteiger partial charge in [0, 0.05) is 17.7 Å². The topological polar surface area (TPSA) is 78.9 Å². The minimum absolute atomic E-state index is 0.122. The minimum Gasteiger partial charge on any atom is -0.485 e. The Morgan fingerprint density at radius 3 is 2.89 bits per heavy atom. The zero-order valence-corrected chi connectivity index (χ0v) is 10.2. The molecule has 1 heterocycles. The van der Waals surface area contributed by atoms with Crippen LogP contribution in [0.25, 0.3) is 0 Å². The van der Waals surface area contributed by atoms with Crippen molar-refractivity contribution in [2.24, 2.45) is 12.8 Å². The van der Waals surface area contributed by atoms with Gasteiger partial charge in [-0.1, -0.05) is 6.07 Å². The van der Waals surface area contributed by atoms with Crippen LogP contribution >= 0.6 is 0 Å². The highest BCUT2D eigenvalue weighted by atomic mass is 19.1. The number of nitrogens with two attached hydrogens (primary N) is 1. The van der Waals surface area contributed by atoms with Crippen molar-refractivity contribution in [1.29, 1.82) is 0 Å². The van der Waals surface area contributed by atoms with Crippen molar-refractivity contribution in [3.05, 3.63) is 35.4 Å². The molecule has 0 unspecified atom stereocenters. The number of tetrazole rings is 1. The highest BCUT2D eigenvalue weighted by Gasteiger charge is 2.10. The molecular formula is C11H14FN5O. The number of hydrogen-bond acceptors (Lipinski definition) is 5. The summed E-state index contributed by atoms with van der Waals surface area (Å²) in [4.78, 5) is 1.33. The third-order valence-corrected chi connectivity index (χ3v) is 2.37. The molecule has 2 rings (SSSR count). The average molecular weight is 251 g/mol. The van der Waals surface area contributed by atoms with E-state index in [0.29, 0.717) is 11.6 Å². The van der Waals surface area contributed by atoms with Crippen LogP contribution in [0.15, 0.2) is 18.2 Å². The summed E-state index contributed by atoms with van der Waals surface area (Å²) in [6, 6.07) is 4.02. The minimum atomic E-state index is -0.374. The van der Waals surface area contributed by atoms with Crippen LogP contribution < -0.4 is 10.5 Å². The third-order valence-electron chi connectivity index (χ3n) is 2.37. The van der Waals surface area contributed by atoms with E-state index in [-0.39, 0.29) is 18.5 Å². The molecule has 0 saturated heterocycles. The SMILES string of the molecule is C[C@@H](N)c1ccc(F)cc1OCc1nnn(C)n1. The van der Waals surface area contributed by atoms with Gasteiger partial charge in [-0.3, -0.25) is 0 Å². The van der Waals surface area contributed by atoms with E-state index in [1.54, 1.807) is 20.0 Å². The van der Waals surface area contributed by atoms with Gasteiger partial charge in [0.05, 0.1) is 7.05 Å².